The van der Waals surface area contributed by atoms with Crippen LogP contribution in [0.1, 0.15) is 69.7 Å². The van der Waals surface area contributed by atoms with Gasteiger partial charge in [-0.2, -0.15) is 0 Å². The van der Waals surface area contributed by atoms with Crippen LogP contribution >= 0.6 is 0 Å². The summed E-state index contributed by atoms with van der Waals surface area (Å²) in [5.41, 5.74) is 2.48. The van der Waals surface area contributed by atoms with Gasteiger partial charge in [-0.3, -0.25) is 13.9 Å². The van der Waals surface area contributed by atoms with Crippen molar-refractivity contribution < 1.29 is 9.84 Å². The van der Waals surface area contributed by atoms with E-state index in [2.05, 4.69) is 0 Å². The number of aliphatic hydroxyl groups excluding tert-OH is 1. The molecule has 0 saturated heterocycles. The average molecular weight is 532 g/mol. The highest BCUT2D eigenvalue weighted by Gasteiger charge is 2.25. The molecule has 1 N–H and O–H groups in total. The first-order valence-electron chi connectivity index (χ1n) is 14.0. The second kappa shape index (κ2) is 11.6. The van der Waals surface area contributed by atoms with Crippen molar-refractivity contribution in [1.82, 2.24) is 23.7 Å². The Hall–Kier alpha value is -3.72. The quantitative estimate of drug-likeness (QED) is 0.324. The van der Waals surface area contributed by atoms with E-state index in [9.17, 15) is 14.7 Å². The highest BCUT2D eigenvalue weighted by atomic mass is 16.5. The minimum atomic E-state index is -0.402. The Morgan fingerprint density at radius 3 is 2.46 bits per heavy atom. The normalized spacial score (nSPS) is 14.8. The van der Waals surface area contributed by atoms with Crippen molar-refractivity contribution in [3.63, 3.8) is 0 Å². The number of benzene rings is 1. The predicted octanol–water partition coefficient (Wildman–Crippen LogP) is 4.45. The summed E-state index contributed by atoms with van der Waals surface area (Å²) in [6, 6.07) is 13.5. The van der Waals surface area contributed by atoms with E-state index < -0.39 is 11.2 Å². The first kappa shape index (κ1) is 26.9. The maximum atomic E-state index is 13.9. The van der Waals surface area contributed by atoms with Crippen LogP contribution < -0.4 is 16.0 Å². The number of aryl methyl sites for hydroxylation is 1. The van der Waals surface area contributed by atoms with Gasteiger partial charge in [-0.25, -0.2) is 14.8 Å². The van der Waals surface area contributed by atoms with Gasteiger partial charge in [0.15, 0.2) is 11.2 Å². The van der Waals surface area contributed by atoms with Gasteiger partial charge < -0.3 is 14.4 Å². The topological polar surface area (TPSA) is 104 Å². The second-order valence-electron chi connectivity index (χ2n) is 10.4. The molecule has 1 saturated carbocycles. The number of fused-ring (bicyclic) bond motifs is 1. The summed E-state index contributed by atoms with van der Waals surface area (Å²) in [4.78, 5) is 37.2. The summed E-state index contributed by atoms with van der Waals surface area (Å²) in [5, 5.41) is 9.43. The van der Waals surface area contributed by atoms with Crippen molar-refractivity contribution in [1.29, 1.82) is 0 Å². The molecule has 0 amide bonds. The van der Waals surface area contributed by atoms with Gasteiger partial charge in [0, 0.05) is 37.4 Å². The largest absolute Gasteiger partial charge is 0.474 e. The summed E-state index contributed by atoms with van der Waals surface area (Å²) in [6.07, 6.45) is 5.66. The van der Waals surface area contributed by atoms with E-state index >= 15 is 0 Å². The van der Waals surface area contributed by atoms with Crippen LogP contribution in [-0.2, 0) is 13.1 Å². The number of hydrogen-bond acceptors (Lipinski definition) is 6. The summed E-state index contributed by atoms with van der Waals surface area (Å²) >= 11 is 0. The highest BCUT2D eigenvalue weighted by Crippen LogP contribution is 2.30. The number of rotatable bonds is 10. The molecule has 1 fully saturated rings. The van der Waals surface area contributed by atoms with E-state index in [0.717, 1.165) is 29.7 Å². The fraction of sp³-hybridized carbons (Fsp3) is 0.467. The van der Waals surface area contributed by atoms with E-state index in [1.807, 2.05) is 67.8 Å². The molecule has 206 valence electrons. The third-order valence-electron chi connectivity index (χ3n) is 7.71. The van der Waals surface area contributed by atoms with Gasteiger partial charge in [0.05, 0.1) is 5.69 Å². The zero-order valence-electron chi connectivity index (χ0n) is 23.0. The number of aliphatic hydroxyl groups is 1. The average Bonchev–Trinajstić information content (AvgIpc) is 3.57. The zero-order chi connectivity index (χ0) is 27.5. The van der Waals surface area contributed by atoms with Crippen molar-refractivity contribution >= 4 is 11.2 Å². The van der Waals surface area contributed by atoms with Crippen molar-refractivity contribution in [2.45, 2.75) is 84.5 Å². The number of hydrogen-bond donors (Lipinski definition) is 1. The van der Waals surface area contributed by atoms with Crippen LogP contribution in [0.5, 0.6) is 5.88 Å². The fourth-order valence-electron chi connectivity index (χ4n) is 5.40. The Labute approximate surface area is 227 Å². The molecule has 1 aliphatic carbocycles. The fourth-order valence-corrected chi connectivity index (χ4v) is 5.40. The molecule has 5 rings (SSSR count). The minimum absolute atomic E-state index is 0.109. The van der Waals surface area contributed by atoms with E-state index in [0.29, 0.717) is 42.3 Å². The molecule has 0 bridgehead atoms. The van der Waals surface area contributed by atoms with Gasteiger partial charge >= 0.3 is 5.69 Å². The smallest absolute Gasteiger partial charge is 0.332 e. The van der Waals surface area contributed by atoms with Gasteiger partial charge in [-0.1, -0.05) is 37.3 Å². The Kier molecular flexibility index (Phi) is 7.97. The Bertz CT molecular complexity index is 1560. The van der Waals surface area contributed by atoms with Crippen LogP contribution in [0.4, 0.5) is 0 Å². The molecular weight excluding hydrogens is 494 g/mol. The van der Waals surface area contributed by atoms with E-state index in [1.165, 1.54) is 17.4 Å². The number of imidazole rings is 1. The van der Waals surface area contributed by atoms with Crippen molar-refractivity contribution in [3.05, 3.63) is 74.6 Å². The molecule has 3 aromatic heterocycles. The minimum Gasteiger partial charge on any atom is -0.474 e. The summed E-state index contributed by atoms with van der Waals surface area (Å²) < 4.78 is 10.9. The van der Waals surface area contributed by atoms with Crippen LogP contribution in [0.2, 0.25) is 0 Å². The van der Waals surface area contributed by atoms with Gasteiger partial charge in [0.25, 0.3) is 5.56 Å². The molecule has 0 aliphatic heterocycles. The monoisotopic (exact) mass is 531 g/mol. The van der Waals surface area contributed by atoms with Crippen molar-refractivity contribution in [3.8, 4) is 17.3 Å². The van der Waals surface area contributed by atoms with Crippen molar-refractivity contribution in [2.24, 2.45) is 0 Å². The molecule has 1 aromatic carbocycles. The van der Waals surface area contributed by atoms with Gasteiger partial charge in [-0.05, 0) is 64.0 Å². The van der Waals surface area contributed by atoms with Crippen LogP contribution in [0.25, 0.3) is 22.6 Å². The predicted molar refractivity (Wildman–Crippen MR) is 151 cm³/mol. The van der Waals surface area contributed by atoms with E-state index in [1.54, 1.807) is 4.57 Å². The SMILES string of the molecule is CCC(C)n1c(=O)n(CCCO)c(=O)c2c1nc(-c1ccc(OC3CCCC3)nc1C)n2Cc1ccccc1. The summed E-state index contributed by atoms with van der Waals surface area (Å²) in [7, 11) is 0. The number of pyridine rings is 1. The molecule has 39 heavy (non-hydrogen) atoms. The maximum absolute atomic E-state index is 13.9. The molecule has 1 unspecified atom stereocenters. The lowest BCUT2D eigenvalue weighted by molar-refractivity contribution is 0.201. The number of nitrogens with zero attached hydrogens (tertiary/aromatic N) is 5. The molecular formula is C30H37N5O4. The summed E-state index contributed by atoms with van der Waals surface area (Å²) in [6.45, 7) is 6.32. The van der Waals surface area contributed by atoms with Crippen LogP contribution in [-0.4, -0.2) is 41.5 Å². The molecule has 0 radical (unpaired) electrons. The standard InChI is InChI=1S/C30H37N5O4/c1-4-20(2)35-28-26(29(37)33(30(35)38)17-10-18-36)34(19-22-11-6-5-7-12-22)27(32-28)24-15-16-25(31-21(24)3)39-23-13-8-9-14-23/h5-7,11-12,15-16,20,23,36H,4,8-10,13-14,17-19H2,1-3H3. The van der Waals surface area contributed by atoms with Crippen molar-refractivity contribution in [2.75, 3.05) is 6.61 Å². The van der Waals surface area contributed by atoms with Crippen LogP contribution in [0, 0.1) is 6.92 Å². The number of ether oxygens (including phenoxy) is 1. The third-order valence-corrected chi connectivity index (χ3v) is 7.71. The molecule has 1 atom stereocenters. The first-order chi connectivity index (χ1) is 18.9. The molecule has 0 spiro atoms. The lowest BCUT2D eigenvalue weighted by Crippen LogP contribution is -2.41. The zero-order valence-corrected chi connectivity index (χ0v) is 23.0. The Morgan fingerprint density at radius 2 is 1.79 bits per heavy atom. The van der Waals surface area contributed by atoms with Crippen LogP contribution in [0.3, 0.4) is 0 Å². The summed E-state index contributed by atoms with van der Waals surface area (Å²) in [5.74, 6) is 1.18. The van der Waals surface area contributed by atoms with Gasteiger partial charge in [0.1, 0.15) is 11.9 Å². The van der Waals surface area contributed by atoms with Crippen LogP contribution in [0.15, 0.2) is 52.1 Å². The van der Waals surface area contributed by atoms with E-state index in [-0.39, 0.29) is 25.3 Å². The highest BCUT2D eigenvalue weighted by molar-refractivity contribution is 5.78. The third kappa shape index (κ3) is 5.28. The molecule has 4 aromatic rings. The Balaban J connectivity index is 1.74. The second-order valence-corrected chi connectivity index (χ2v) is 10.4. The van der Waals surface area contributed by atoms with E-state index in [4.69, 9.17) is 14.7 Å². The molecule has 3 heterocycles. The number of aromatic nitrogens is 5. The maximum Gasteiger partial charge on any atom is 0.332 e. The lowest BCUT2D eigenvalue weighted by Gasteiger charge is -2.17. The molecule has 9 heteroatoms. The lowest BCUT2D eigenvalue weighted by atomic mass is 10.1. The van der Waals surface area contributed by atoms with Gasteiger partial charge in [0.2, 0.25) is 5.88 Å². The molecule has 9 nitrogen and oxygen atoms in total. The Morgan fingerprint density at radius 1 is 1.05 bits per heavy atom. The van der Waals surface area contributed by atoms with Gasteiger partial charge in [-0.15, -0.1) is 0 Å². The molecule has 1 aliphatic rings. The first-order valence-corrected chi connectivity index (χ1v) is 14.0.